The van der Waals surface area contributed by atoms with Gasteiger partial charge in [-0.2, -0.15) is 0 Å². The minimum atomic E-state index is -1.35. The molecule has 0 bridgehead atoms. The molecule has 0 aliphatic carbocycles. The predicted octanol–water partition coefficient (Wildman–Crippen LogP) is 0.241. The number of carboxylic acid groups (broad SMARTS) is 1. The fraction of sp³-hybridized carbons (Fsp3) is 0.304. The molecule has 0 saturated carbocycles. The average molecular weight is 469 g/mol. The van der Waals surface area contributed by atoms with Gasteiger partial charge in [0.25, 0.3) is 11.8 Å². The van der Waals surface area contributed by atoms with E-state index in [2.05, 4.69) is 26.3 Å². The number of guanidine groups is 1. The number of nitrogens with one attached hydrogen (secondary N) is 4. The molecule has 1 aliphatic heterocycles. The van der Waals surface area contributed by atoms with Crippen molar-refractivity contribution in [3.8, 4) is 11.5 Å². The van der Waals surface area contributed by atoms with Crippen LogP contribution in [0.25, 0.3) is 0 Å². The molecular formula is C23H27N5O6. The summed E-state index contributed by atoms with van der Waals surface area (Å²) < 4.78 is 5.54. The fourth-order valence-corrected chi connectivity index (χ4v) is 3.20. The number of carboxylic acids is 1. The molecule has 1 heterocycles. The van der Waals surface area contributed by atoms with E-state index in [0.717, 1.165) is 13.1 Å². The van der Waals surface area contributed by atoms with E-state index in [-0.39, 0.29) is 17.9 Å². The highest BCUT2D eigenvalue weighted by Crippen LogP contribution is 2.23. The van der Waals surface area contributed by atoms with Crippen LogP contribution in [0.3, 0.4) is 0 Å². The van der Waals surface area contributed by atoms with Gasteiger partial charge in [0.15, 0.2) is 5.96 Å². The molecular weight excluding hydrogens is 442 g/mol. The summed E-state index contributed by atoms with van der Waals surface area (Å²) in [6, 6.07) is 9.60. The molecule has 0 radical (unpaired) electrons. The lowest BCUT2D eigenvalue weighted by molar-refractivity contribution is -0.139. The maximum absolute atomic E-state index is 12.5. The van der Waals surface area contributed by atoms with Crippen molar-refractivity contribution in [3.05, 3.63) is 59.2 Å². The first kappa shape index (κ1) is 24.4. The van der Waals surface area contributed by atoms with Crippen LogP contribution >= 0.6 is 0 Å². The van der Waals surface area contributed by atoms with Crippen molar-refractivity contribution in [1.29, 1.82) is 0 Å². The number of hydrogen-bond acceptors (Lipinski definition) is 8. The number of carbonyl (C=O) groups excluding carboxylic acids is 2. The van der Waals surface area contributed by atoms with Crippen molar-refractivity contribution in [2.24, 2.45) is 4.99 Å². The first-order valence-electron chi connectivity index (χ1n) is 10.7. The van der Waals surface area contributed by atoms with Crippen LogP contribution in [0.15, 0.2) is 47.5 Å². The molecule has 11 nitrogen and oxygen atoms in total. The summed E-state index contributed by atoms with van der Waals surface area (Å²) in [6.07, 6.45) is 0. The molecule has 34 heavy (non-hydrogen) atoms. The number of aryl methyl sites for hydroxylation is 1. The van der Waals surface area contributed by atoms with E-state index >= 15 is 0 Å². The van der Waals surface area contributed by atoms with Gasteiger partial charge in [-0.05, 0) is 30.7 Å². The Bertz CT molecular complexity index is 1090. The predicted molar refractivity (Wildman–Crippen MR) is 124 cm³/mol. The number of benzene rings is 2. The molecule has 2 aromatic rings. The summed E-state index contributed by atoms with van der Waals surface area (Å²) in [5, 5.41) is 30.6. The van der Waals surface area contributed by atoms with E-state index in [1.165, 1.54) is 18.2 Å². The van der Waals surface area contributed by atoms with Crippen molar-refractivity contribution < 1.29 is 29.3 Å². The Morgan fingerprint density at radius 1 is 1.15 bits per heavy atom. The van der Waals surface area contributed by atoms with Crippen molar-refractivity contribution in [1.82, 2.24) is 21.3 Å². The van der Waals surface area contributed by atoms with Crippen LogP contribution in [0.5, 0.6) is 11.5 Å². The number of aliphatic carboxylic acids is 1. The second-order valence-corrected chi connectivity index (χ2v) is 7.50. The normalized spacial score (nSPS) is 13.3. The van der Waals surface area contributed by atoms with Gasteiger partial charge < -0.3 is 36.2 Å². The summed E-state index contributed by atoms with van der Waals surface area (Å²) in [5.41, 5.74) is 0.987. The van der Waals surface area contributed by atoms with E-state index in [4.69, 9.17) is 4.74 Å². The van der Waals surface area contributed by atoms with Gasteiger partial charge in [0.2, 0.25) is 0 Å². The molecule has 0 saturated heterocycles. The van der Waals surface area contributed by atoms with Crippen molar-refractivity contribution in [2.75, 3.05) is 32.8 Å². The van der Waals surface area contributed by atoms with Gasteiger partial charge in [0.05, 0.1) is 18.7 Å². The molecule has 11 heteroatoms. The molecule has 0 aromatic heterocycles. The maximum atomic E-state index is 12.5. The van der Waals surface area contributed by atoms with E-state index in [1.807, 2.05) is 0 Å². The van der Waals surface area contributed by atoms with Gasteiger partial charge in [-0.3, -0.25) is 14.6 Å². The zero-order valence-corrected chi connectivity index (χ0v) is 18.6. The Labute approximate surface area is 196 Å². The van der Waals surface area contributed by atoms with Gasteiger partial charge in [0, 0.05) is 24.7 Å². The Hall–Kier alpha value is -4.28. The van der Waals surface area contributed by atoms with E-state index < -0.39 is 23.8 Å². The lowest BCUT2D eigenvalue weighted by Crippen LogP contribution is -2.48. The second kappa shape index (κ2) is 11.5. The quantitative estimate of drug-likeness (QED) is 0.270. The lowest BCUT2D eigenvalue weighted by Gasteiger charge is -2.16. The number of ether oxygens (including phenoxy) is 1. The summed E-state index contributed by atoms with van der Waals surface area (Å²) >= 11 is 0. The van der Waals surface area contributed by atoms with Crippen molar-refractivity contribution in [2.45, 2.75) is 13.0 Å². The largest absolute Gasteiger partial charge is 0.507 e. The molecule has 1 atom stereocenters. The monoisotopic (exact) mass is 469 g/mol. The highest BCUT2D eigenvalue weighted by molar-refractivity contribution is 5.99. The lowest BCUT2D eigenvalue weighted by atomic mass is 10.1. The van der Waals surface area contributed by atoms with E-state index in [1.54, 1.807) is 31.2 Å². The third-order valence-electron chi connectivity index (χ3n) is 5.01. The number of aromatic hydroxyl groups is 1. The fourth-order valence-electron chi connectivity index (χ4n) is 3.20. The molecule has 2 amide bonds. The van der Waals surface area contributed by atoms with Crippen molar-refractivity contribution in [3.63, 3.8) is 0 Å². The van der Waals surface area contributed by atoms with Gasteiger partial charge in [0.1, 0.15) is 24.1 Å². The SMILES string of the molecule is Cc1ccccc1C(=O)N[C@@H](CNC(=O)c1ccc(OCCNC2=NCCN2)cc1O)C(=O)O. The minimum Gasteiger partial charge on any atom is -0.507 e. The maximum Gasteiger partial charge on any atom is 0.328 e. The number of carbonyl (C=O) groups is 3. The summed E-state index contributed by atoms with van der Waals surface area (Å²) in [4.78, 5) is 40.7. The molecule has 3 rings (SSSR count). The van der Waals surface area contributed by atoms with Gasteiger partial charge in [-0.15, -0.1) is 0 Å². The zero-order chi connectivity index (χ0) is 24.5. The van der Waals surface area contributed by atoms with E-state index in [0.29, 0.717) is 36.0 Å². The Morgan fingerprint density at radius 2 is 1.94 bits per heavy atom. The highest BCUT2D eigenvalue weighted by Gasteiger charge is 2.23. The number of nitrogens with zero attached hydrogens (tertiary/aromatic N) is 1. The van der Waals surface area contributed by atoms with Crippen LogP contribution in [0, 0.1) is 6.92 Å². The topological polar surface area (TPSA) is 161 Å². The first-order valence-corrected chi connectivity index (χ1v) is 10.7. The highest BCUT2D eigenvalue weighted by atomic mass is 16.5. The summed E-state index contributed by atoms with van der Waals surface area (Å²) in [6.45, 7) is 3.71. The molecule has 2 aromatic carbocycles. The number of aliphatic imine (C=N–C) groups is 1. The standard InChI is InChI=1S/C23H27N5O6/c1-14-4-2-3-5-16(14)21(31)28-18(22(32)33)13-27-20(30)17-7-6-15(12-19(17)29)34-11-10-26-23-24-8-9-25-23/h2-7,12,18,29H,8-11,13H2,1H3,(H,27,30)(H,28,31)(H,32,33)(H2,24,25,26)/t18-/m0/s1. The number of hydrogen-bond donors (Lipinski definition) is 6. The van der Waals surface area contributed by atoms with Crippen LogP contribution in [0.2, 0.25) is 0 Å². The number of rotatable bonds is 10. The number of amides is 2. The number of phenols is 1. The second-order valence-electron chi connectivity index (χ2n) is 7.50. The molecule has 1 aliphatic rings. The van der Waals surface area contributed by atoms with Crippen molar-refractivity contribution >= 4 is 23.7 Å². The summed E-state index contributed by atoms with van der Waals surface area (Å²) in [7, 11) is 0. The smallest absolute Gasteiger partial charge is 0.328 e. The molecule has 0 unspecified atom stereocenters. The summed E-state index contributed by atoms with van der Waals surface area (Å²) in [5.74, 6) is -1.79. The Kier molecular flexibility index (Phi) is 8.27. The molecule has 6 N–H and O–H groups in total. The molecule has 180 valence electrons. The van der Waals surface area contributed by atoms with Crippen LogP contribution < -0.4 is 26.0 Å². The van der Waals surface area contributed by atoms with Gasteiger partial charge >= 0.3 is 5.97 Å². The average Bonchev–Trinajstić information content (AvgIpc) is 3.33. The van der Waals surface area contributed by atoms with Gasteiger partial charge in [-0.25, -0.2) is 4.79 Å². The zero-order valence-electron chi connectivity index (χ0n) is 18.6. The Balaban J connectivity index is 1.51. The third-order valence-corrected chi connectivity index (χ3v) is 5.01. The van der Waals surface area contributed by atoms with E-state index in [9.17, 15) is 24.6 Å². The van der Waals surface area contributed by atoms with Gasteiger partial charge in [-0.1, -0.05) is 18.2 Å². The van der Waals surface area contributed by atoms with Crippen LogP contribution in [0.1, 0.15) is 26.3 Å². The number of phenolic OH excluding ortho intramolecular Hbond substituents is 1. The van der Waals surface area contributed by atoms with Crippen LogP contribution in [0.4, 0.5) is 0 Å². The molecule has 0 fully saturated rings. The minimum absolute atomic E-state index is 0.0515. The van der Waals surface area contributed by atoms with Crippen LogP contribution in [-0.2, 0) is 4.79 Å². The van der Waals surface area contributed by atoms with Crippen LogP contribution in [-0.4, -0.2) is 72.8 Å². The first-order chi connectivity index (χ1) is 16.3. The third kappa shape index (κ3) is 6.61. The Morgan fingerprint density at radius 3 is 2.62 bits per heavy atom. The molecule has 0 spiro atoms.